The molecule has 2 fully saturated rings. The van der Waals surface area contributed by atoms with Gasteiger partial charge in [-0.25, -0.2) is 22.8 Å². The van der Waals surface area contributed by atoms with Crippen LogP contribution >= 0.6 is 0 Å². The predicted molar refractivity (Wildman–Crippen MR) is 176 cm³/mol. The third-order valence-electron chi connectivity index (χ3n) is 8.98. The number of nitrogen functional groups attached to an aromatic ring is 1. The monoisotopic (exact) mass is 699 g/mol. The summed E-state index contributed by atoms with van der Waals surface area (Å²) in [7, 11) is -4.32. The molecular weight excluding hydrogens is 666 g/mol. The molecule has 0 radical (unpaired) electrons. The number of anilines is 2. The number of hydrogen-bond donors (Lipinski definition) is 1. The lowest BCUT2D eigenvalue weighted by atomic mass is 9.72. The Balaban J connectivity index is 1.72. The summed E-state index contributed by atoms with van der Waals surface area (Å²) in [5.41, 5.74) is 1.71. The molecule has 4 aromatic heterocycles. The van der Waals surface area contributed by atoms with E-state index >= 15 is 4.39 Å². The van der Waals surface area contributed by atoms with Gasteiger partial charge in [-0.3, -0.25) is 19.1 Å². The SMILES string of the molecule is C=CC(=O)N1CC2(C1)CN(c1c(S(C)(=O)=O)c(=O)n(-c3c(C)ccnc3C(C)C)c3nc(-c4nc(N)cc(C)c4C(F)(F)F)c(F)cc13)C2. The molecule has 0 bridgehead atoms. The van der Waals surface area contributed by atoms with Gasteiger partial charge in [0, 0.05) is 49.4 Å². The molecular formula is C33H33F4N7O4S. The van der Waals surface area contributed by atoms with Crippen molar-refractivity contribution in [1.82, 2.24) is 24.4 Å². The molecule has 6 heterocycles. The van der Waals surface area contributed by atoms with Gasteiger partial charge in [-0.15, -0.1) is 0 Å². The number of hydrogen-bond acceptors (Lipinski definition) is 9. The molecule has 0 atom stereocenters. The first kappa shape index (κ1) is 34.0. The smallest absolute Gasteiger partial charge is 0.384 e. The van der Waals surface area contributed by atoms with Gasteiger partial charge in [0.2, 0.25) is 5.91 Å². The molecule has 0 saturated carbocycles. The summed E-state index contributed by atoms with van der Waals surface area (Å²) >= 11 is 0. The molecule has 1 amide bonds. The van der Waals surface area contributed by atoms with E-state index in [9.17, 15) is 31.2 Å². The number of aryl methyl sites for hydroxylation is 2. The number of amides is 1. The number of rotatable bonds is 6. The van der Waals surface area contributed by atoms with Gasteiger partial charge in [0.15, 0.2) is 26.2 Å². The zero-order valence-electron chi connectivity index (χ0n) is 27.3. The Labute approximate surface area is 279 Å². The maximum absolute atomic E-state index is 16.3. The Morgan fingerprint density at radius 2 is 1.71 bits per heavy atom. The number of pyridine rings is 4. The Kier molecular flexibility index (Phi) is 7.88. The third-order valence-corrected chi connectivity index (χ3v) is 10.1. The van der Waals surface area contributed by atoms with Gasteiger partial charge in [0.25, 0.3) is 5.56 Å². The summed E-state index contributed by atoms with van der Waals surface area (Å²) in [4.78, 5) is 41.9. The van der Waals surface area contributed by atoms with Gasteiger partial charge in [0.1, 0.15) is 17.2 Å². The van der Waals surface area contributed by atoms with Crippen LogP contribution in [0.3, 0.4) is 0 Å². The molecule has 2 aliphatic heterocycles. The number of carbonyl (C=O) groups excluding carboxylic acids is 1. The Morgan fingerprint density at radius 3 is 2.29 bits per heavy atom. The molecule has 1 spiro atoms. The summed E-state index contributed by atoms with van der Waals surface area (Å²) < 4.78 is 87.5. The number of sulfone groups is 1. The molecule has 2 N–H and O–H groups in total. The molecule has 0 unspecified atom stereocenters. The van der Waals surface area contributed by atoms with Crippen LogP contribution in [0.25, 0.3) is 28.1 Å². The summed E-state index contributed by atoms with van der Waals surface area (Å²) in [5.74, 6) is -2.12. The zero-order valence-corrected chi connectivity index (χ0v) is 28.1. The van der Waals surface area contributed by atoms with Gasteiger partial charge >= 0.3 is 6.18 Å². The average molecular weight is 700 g/mol. The van der Waals surface area contributed by atoms with Gasteiger partial charge in [-0.1, -0.05) is 20.4 Å². The largest absolute Gasteiger partial charge is 0.418 e. The molecule has 2 aliphatic rings. The van der Waals surface area contributed by atoms with E-state index in [1.165, 1.54) is 12.3 Å². The van der Waals surface area contributed by atoms with Crippen LogP contribution in [-0.2, 0) is 20.8 Å². The van der Waals surface area contributed by atoms with Crippen LogP contribution in [0.5, 0.6) is 0 Å². The molecule has 2 saturated heterocycles. The molecule has 0 aromatic carbocycles. The lowest BCUT2D eigenvalue weighted by Gasteiger charge is -2.61. The number of nitrogens with two attached hydrogens (primary N) is 1. The number of fused-ring (bicyclic) bond motifs is 1. The van der Waals surface area contributed by atoms with Crippen molar-refractivity contribution in [2.45, 2.75) is 44.7 Å². The van der Waals surface area contributed by atoms with E-state index in [1.54, 1.807) is 36.6 Å². The zero-order chi connectivity index (χ0) is 36.0. The lowest BCUT2D eigenvalue weighted by molar-refractivity contribution is -0.139. The molecule has 11 nitrogen and oxygen atoms in total. The number of likely N-dealkylation sites (tertiary alicyclic amines) is 1. The van der Waals surface area contributed by atoms with Gasteiger partial charge in [0.05, 0.1) is 22.6 Å². The van der Waals surface area contributed by atoms with Crippen molar-refractivity contribution in [2.24, 2.45) is 5.41 Å². The molecule has 49 heavy (non-hydrogen) atoms. The Morgan fingerprint density at radius 1 is 1.06 bits per heavy atom. The normalized spacial score (nSPS) is 15.9. The van der Waals surface area contributed by atoms with Crippen LogP contribution in [0.15, 0.2) is 46.7 Å². The average Bonchev–Trinajstić information content (AvgIpc) is 2.93. The molecule has 0 aliphatic carbocycles. The van der Waals surface area contributed by atoms with Crippen LogP contribution in [0.1, 0.15) is 42.1 Å². The highest BCUT2D eigenvalue weighted by Crippen LogP contribution is 2.47. The molecule has 16 heteroatoms. The minimum absolute atomic E-state index is 0.124. The minimum atomic E-state index is -4.98. The number of aromatic nitrogens is 4. The van der Waals surface area contributed by atoms with E-state index in [4.69, 9.17) is 5.73 Å². The van der Waals surface area contributed by atoms with Crippen molar-refractivity contribution in [2.75, 3.05) is 43.1 Å². The van der Waals surface area contributed by atoms with Crippen LogP contribution in [0, 0.1) is 25.1 Å². The van der Waals surface area contributed by atoms with Crippen molar-refractivity contribution in [3.8, 4) is 17.1 Å². The molecule has 4 aromatic rings. The highest BCUT2D eigenvalue weighted by Gasteiger charge is 2.54. The molecule has 6 rings (SSSR count). The summed E-state index contributed by atoms with van der Waals surface area (Å²) in [5, 5.41) is -0.124. The first-order chi connectivity index (χ1) is 22.8. The van der Waals surface area contributed by atoms with E-state index in [0.29, 0.717) is 24.3 Å². The second-order valence-corrected chi connectivity index (χ2v) is 15.1. The number of alkyl halides is 3. The topological polar surface area (TPSA) is 144 Å². The fourth-order valence-corrected chi connectivity index (χ4v) is 7.95. The van der Waals surface area contributed by atoms with E-state index in [0.717, 1.165) is 29.9 Å². The molecule has 258 valence electrons. The van der Waals surface area contributed by atoms with Gasteiger partial charge in [-0.2, -0.15) is 13.2 Å². The highest BCUT2D eigenvalue weighted by molar-refractivity contribution is 7.90. The highest BCUT2D eigenvalue weighted by atomic mass is 32.2. The summed E-state index contributed by atoms with van der Waals surface area (Å²) in [6, 6.07) is 3.49. The van der Waals surface area contributed by atoms with Crippen molar-refractivity contribution in [1.29, 1.82) is 0 Å². The number of carbonyl (C=O) groups is 1. The minimum Gasteiger partial charge on any atom is -0.384 e. The van der Waals surface area contributed by atoms with E-state index in [1.807, 2.05) is 0 Å². The van der Waals surface area contributed by atoms with Gasteiger partial charge < -0.3 is 15.5 Å². The lowest BCUT2D eigenvalue weighted by Crippen LogP contribution is -2.73. The second-order valence-electron chi connectivity index (χ2n) is 13.1. The van der Waals surface area contributed by atoms with Crippen LogP contribution in [0.4, 0.5) is 29.1 Å². The maximum atomic E-state index is 16.3. The fraction of sp³-hybridized carbons (Fsp3) is 0.364. The standard InChI is InChI=1S/C33H33F4N7O4S/c1-7-22(45)42-12-32(13-42)14-43(15-32)28-19-11-20(34)25(26-23(33(35,36)37)18(5)10-21(38)40-26)41-30(19)44(31(46)29(28)49(6,47)48)27-17(4)8-9-39-24(27)16(2)3/h7-11,16H,1,12-15H2,2-6H3,(H2,38,40). The van der Waals surface area contributed by atoms with Crippen LogP contribution < -0.4 is 16.2 Å². The summed E-state index contributed by atoms with van der Waals surface area (Å²) in [6.07, 6.45) is -1.41. The van der Waals surface area contributed by atoms with Crippen molar-refractivity contribution in [3.05, 3.63) is 75.6 Å². The van der Waals surface area contributed by atoms with E-state index < -0.39 is 54.7 Å². The Bertz CT molecular complexity index is 2250. The van der Waals surface area contributed by atoms with Crippen LogP contribution in [0.2, 0.25) is 0 Å². The number of halogens is 4. The second kappa shape index (κ2) is 11.4. The quantitative estimate of drug-likeness (QED) is 0.226. The Hall–Kier alpha value is -4.86. The first-order valence-electron chi connectivity index (χ1n) is 15.2. The van der Waals surface area contributed by atoms with Crippen molar-refractivity contribution >= 4 is 38.3 Å². The summed E-state index contributed by atoms with van der Waals surface area (Å²) in [6.45, 7) is 11.1. The fourth-order valence-electron chi connectivity index (χ4n) is 6.95. The van der Waals surface area contributed by atoms with E-state index in [2.05, 4.69) is 21.5 Å². The first-order valence-corrected chi connectivity index (χ1v) is 17.1. The predicted octanol–water partition coefficient (Wildman–Crippen LogP) is 4.56. The number of nitrogens with zero attached hydrogens (tertiary/aromatic N) is 6. The van der Waals surface area contributed by atoms with Crippen molar-refractivity contribution in [3.63, 3.8) is 0 Å². The van der Waals surface area contributed by atoms with Crippen LogP contribution in [-0.4, -0.2) is 71.2 Å². The van der Waals surface area contributed by atoms with Crippen molar-refractivity contribution < 1.29 is 30.8 Å². The van der Waals surface area contributed by atoms with E-state index in [-0.39, 0.29) is 58.7 Å². The van der Waals surface area contributed by atoms with Gasteiger partial charge in [-0.05, 0) is 55.2 Å². The third kappa shape index (κ3) is 5.51. The maximum Gasteiger partial charge on any atom is 0.418 e.